The molecule has 1 aromatic carbocycles. The van der Waals surface area contributed by atoms with Crippen LogP contribution in [0.4, 0.5) is 4.39 Å². The largest absolute Gasteiger partial charge is 0.481 e. The molecule has 23 heavy (non-hydrogen) atoms. The molecular formula is C14H16FN3O4S. The maximum atomic E-state index is 13.0. The van der Waals surface area contributed by atoms with Gasteiger partial charge in [0.25, 0.3) is 10.0 Å². The highest BCUT2D eigenvalue weighted by molar-refractivity contribution is 7.89. The van der Waals surface area contributed by atoms with Crippen LogP contribution in [0.25, 0.3) is 0 Å². The fraction of sp³-hybridized carbons (Fsp3) is 0.286. The first-order chi connectivity index (χ1) is 10.7. The van der Waals surface area contributed by atoms with Gasteiger partial charge in [0, 0.05) is 12.6 Å². The standard InChI is InChI=1S/C14H16FN3O4S/c1-9-8-16-18(2)14(9)23(21,22)17-12(7-13(19)20)10-3-5-11(15)6-4-10/h3-6,8,12,17H,7H2,1-2H3,(H,19,20). The summed E-state index contributed by atoms with van der Waals surface area (Å²) in [5, 5.41) is 12.8. The first kappa shape index (κ1) is 17.1. The van der Waals surface area contributed by atoms with Crippen molar-refractivity contribution in [1.29, 1.82) is 0 Å². The molecule has 0 bridgehead atoms. The number of carboxylic acid groups (broad SMARTS) is 1. The topological polar surface area (TPSA) is 101 Å². The van der Waals surface area contributed by atoms with E-state index in [9.17, 15) is 17.6 Å². The molecule has 0 fully saturated rings. The van der Waals surface area contributed by atoms with Crippen molar-refractivity contribution in [3.8, 4) is 0 Å². The number of nitrogens with one attached hydrogen (secondary N) is 1. The fourth-order valence-electron chi connectivity index (χ4n) is 2.26. The Morgan fingerprint density at radius 3 is 2.48 bits per heavy atom. The molecule has 0 aliphatic heterocycles. The van der Waals surface area contributed by atoms with Crippen LogP contribution >= 0.6 is 0 Å². The molecule has 2 aromatic rings. The van der Waals surface area contributed by atoms with Crippen LogP contribution in [-0.2, 0) is 21.9 Å². The zero-order valence-corrected chi connectivity index (χ0v) is 13.3. The molecule has 1 atom stereocenters. The van der Waals surface area contributed by atoms with Gasteiger partial charge in [0.1, 0.15) is 5.82 Å². The van der Waals surface area contributed by atoms with Gasteiger partial charge >= 0.3 is 5.97 Å². The van der Waals surface area contributed by atoms with E-state index < -0.39 is 34.3 Å². The second-order valence-corrected chi connectivity index (χ2v) is 6.71. The van der Waals surface area contributed by atoms with Gasteiger partial charge in [0.15, 0.2) is 5.03 Å². The lowest BCUT2D eigenvalue weighted by molar-refractivity contribution is -0.137. The Hall–Kier alpha value is -2.26. The van der Waals surface area contributed by atoms with Crippen LogP contribution in [0.2, 0.25) is 0 Å². The highest BCUT2D eigenvalue weighted by atomic mass is 32.2. The molecule has 1 aromatic heterocycles. The molecule has 0 aliphatic rings. The summed E-state index contributed by atoms with van der Waals surface area (Å²) in [5.41, 5.74) is 0.797. The van der Waals surface area contributed by atoms with Crippen molar-refractivity contribution in [3.05, 3.63) is 47.4 Å². The van der Waals surface area contributed by atoms with Gasteiger partial charge in [-0.15, -0.1) is 0 Å². The molecule has 124 valence electrons. The SMILES string of the molecule is Cc1cnn(C)c1S(=O)(=O)NC(CC(=O)O)c1ccc(F)cc1. The van der Waals surface area contributed by atoms with Crippen molar-refractivity contribution < 1.29 is 22.7 Å². The Balaban J connectivity index is 2.38. The predicted octanol–water partition coefficient (Wildman–Crippen LogP) is 1.36. The molecule has 1 heterocycles. The summed E-state index contributed by atoms with van der Waals surface area (Å²) in [6.45, 7) is 1.59. The van der Waals surface area contributed by atoms with Crippen molar-refractivity contribution in [2.45, 2.75) is 24.4 Å². The number of aryl methyl sites for hydroxylation is 2. The number of nitrogens with zero attached hydrogens (tertiary/aromatic N) is 2. The molecule has 2 rings (SSSR count). The number of benzene rings is 1. The number of carboxylic acids is 1. The Morgan fingerprint density at radius 1 is 1.39 bits per heavy atom. The lowest BCUT2D eigenvalue weighted by Crippen LogP contribution is -2.32. The average Bonchev–Trinajstić information content (AvgIpc) is 2.78. The van der Waals surface area contributed by atoms with Crippen LogP contribution in [0.3, 0.4) is 0 Å². The third-order valence-corrected chi connectivity index (χ3v) is 4.95. The van der Waals surface area contributed by atoms with Crippen LogP contribution in [-0.4, -0.2) is 29.3 Å². The minimum Gasteiger partial charge on any atom is -0.481 e. The number of hydrogen-bond donors (Lipinski definition) is 2. The van der Waals surface area contributed by atoms with Gasteiger partial charge in [-0.05, 0) is 24.6 Å². The lowest BCUT2D eigenvalue weighted by Gasteiger charge is -2.18. The summed E-state index contributed by atoms with van der Waals surface area (Å²) in [6, 6.07) is 3.97. The van der Waals surface area contributed by atoms with Gasteiger partial charge in [-0.1, -0.05) is 12.1 Å². The summed E-state index contributed by atoms with van der Waals surface area (Å²) < 4.78 is 41.6. The molecule has 0 spiro atoms. The van der Waals surface area contributed by atoms with Crippen LogP contribution in [0.15, 0.2) is 35.5 Å². The van der Waals surface area contributed by atoms with Crippen molar-refractivity contribution in [2.75, 3.05) is 0 Å². The van der Waals surface area contributed by atoms with E-state index in [1.54, 1.807) is 6.92 Å². The molecular weight excluding hydrogens is 325 g/mol. The minimum absolute atomic E-state index is 0.0463. The first-order valence-corrected chi connectivity index (χ1v) is 8.17. The third-order valence-electron chi connectivity index (χ3n) is 3.26. The van der Waals surface area contributed by atoms with Crippen molar-refractivity contribution in [2.24, 2.45) is 7.05 Å². The number of rotatable bonds is 6. The van der Waals surface area contributed by atoms with Crippen LogP contribution in [0, 0.1) is 12.7 Å². The van der Waals surface area contributed by atoms with Gasteiger partial charge in [-0.25, -0.2) is 17.5 Å². The summed E-state index contributed by atoms with van der Waals surface area (Å²) in [7, 11) is -2.51. The minimum atomic E-state index is -3.99. The maximum absolute atomic E-state index is 13.0. The Morgan fingerprint density at radius 2 is 2.00 bits per heavy atom. The zero-order chi connectivity index (χ0) is 17.2. The van der Waals surface area contributed by atoms with Crippen molar-refractivity contribution in [1.82, 2.24) is 14.5 Å². The number of hydrogen-bond acceptors (Lipinski definition) is 4. The Kier molecular flexibility index (Phi) is 4.81. The molecule has 0 aliphatic carbocycles. The van der Waals surface area contributed by atoms with Gasteiger partial charge in [0.2, 0.25) is 0 Å². The van der Waals surface area contributed by atoms with E-state index in [0.717, 1.165) is 12.1 Å². The number of aliphatic carboxylic acids is 1. The van der Waals surface area contributed by atoms with E-state index >= 15 is 0 Å². The second-order valence-electron chi connectivity index (χ2n) is 5.08. The quantitative estimate of drug-likeness (QED) is 0.826. The summed E-state index contributed by atoms with van der Waals surface area (Å²) in [4.78, 5) is 11.0. The Bertz CT molecular complexity index is 796. The number of aromatic nitrogens is 2. The Labute approximate surface area is 132 Å². The molecule has 0 radical (unpaired) electrons. The smallest absolute Gasteiger partial charge is 0.305 e. The lowest BCUT2D eigenvalue weighted by atomic mass is 10.1. The van der Waals surface area contributed by atoms with Crippen molar-refractivity contribution in [3.63, 3.8) is 0 Å². The summed E-state index contributed by atoms with van der Waals surface area (Å²) in [5.74, 6) is -1.67. The zero-order valence-electron chi connectivity index (χ0n) is 12.5. The highest BCUT2D eigenvalue weighted by Gasteiger charge is 2.27. The summed E-state index contributed by atoms with van der Waals surface area (Å²) >= 11 is 0. The van der Waals surface area contributed by atoms with Crippen LogP contribution < -0.4 is 4.72 Å². The van der Waals surface area contributed by atoms with E-state index in [1.165, 1.54) is 30.1 Å². The second kappa shape index (κ2) is 6.47. The number of halogens is 1. The van der Waals surface area contributed by atoms with Crippen LogP contribution in [0.1, 0.15) is 23.6 Å². The van der Waals surface area contributed by atoms with E-state index in [4.69, 9.17) is 5.11 Å². The number of carbonyl (C=O) groups is 1. The third kappa shape index (κ3) is 3.93. The van der Waals surface area contributed by atoms with Gasteiger partial charge in [-0.3, -0.25) is 9.48 Å². The van der Waals surface area contributed by atoms with Gasteiger partial charge < -0.3 is 5.11 Å². The van der Waals surface area contributed by atoms with E-state index in [-0.39, 0.29) is 5.03 Å². The van der Waals surface area contributed by atoms with Gasteiger partial charge in [0.05, 0.1) is 18.7 Å². The number of sulfonamides is 1. The summed E-state index contributed by atoms with van der Waals surface area (Å²) in [6.07, 6.45) is 0.931. The van der Waals surface area contributed by atoms with E-state index in [0.29, 0.717) is 11.1 Å². The molecule has 2 N–H and O–H groups in total. The van der Waals surface area contributed by atoms with Crippen molar-refractivity contribution >= 4 is 16.0 Å². The average molecular weight is 341 g/mol. The molecule has 0 saturated heterocycles. The molecule has 9 heteroatoms. The molecule has 0 amide bonds. The van der Waals surface area contributed by atoms with Gasteiger partial charge in [-0.2, -0.15) is 5.10 Å². The predicted molar refractivity (Wildman–Crippen MR) is 79.7 cm³/mol. The highest BCUT2D eigenvalue weighted by Crippen LogP contribution is 2.22. The van der Waals surface area contributed by atoms with Crippen LogP contribution in [0.5, 0.6) is 0 Å². The molecule has 0 saturated carbocycles. The van der Waals surface area contributed by atoms with E-state index in [1.807, 2.05) is 0 Å². The normalized spacial score (nSPS) is 13.0. The molecule has 7 nitrogen and oxygen atoms in total. The first-order valence-electron chi connectivity index (χ1n) is 6.69. The fourth-order valence-corrected chi connectivity index (χ4v) is 3.84. The molecule has 1 unspecified atom stereocenters. The monoisotopic (exact) mass is 341 g/mol. The van der Waals surface area contributed by atoms with E-state index in [2.05, 4.69) is 9.82 Å². The maximum Gasteiger partial charge on any atom is 0.305 e.